The third-order valence-corrected chi connectivity index (χ3v) is 6.72. The van der Waals surface area contributed by atoms with Crippen molar-refractivity contribution in [3.63, 3.8) is 0 Å². The first kappa shape index (κ1) is 28.3. The number of amides is 1. The number of nitrogens with one attached hydrogen (secondary N) is 2. The van der Waals surface area contributed by atoms with Crippen LogP contribution in [0.1, 0.15) is 5.56 Å². The molecule has 0 unspecified atom stereocenters. The normalized spacial score (nSPS) is 13.5. The number of fused-ring (bicyclic) bond motifs is 1. The highest BCUT2D eigenvalue weighted by Gasteiger charge is 2.15. The zero-order valence-corrected chi connectivity index (χ0v) is 23.0. The summed E-state index contributed by atoms with van der Waals surface area (Å²) in [6, 6.07) is 15.0. The predicted octanol–water partition coefficient (Wildman–Crippen LogP) is 5.58. The Morgan fingerprint density at radius 2 is 1.95 bits per heavy atom. The molecular weight excluding hydrogens is 549 g/mol. The average molecular weight is 578 g/mol. The number of morpholine rings is 1. The van der Waals surface area contributed by atoms with Crippen LogP contribution in [-0.2, 0) is 16.1 Å². The van der Waals surface area contributed by atoms with E-state index in [1.54, 1.807) is 42.5 Å². The van der Waals surface area contributed by atoms with Crippen molar-refractivity contribution in [2.75, 3.05) is 50.1 Å². The Bertz CT molecular complexity index is 1550. The van der Waals surface area contributed by atoms with Gasteiger partial charge in [-0.25, -0.2) is 14.4 Å². The smallest absolute Gasteiger partial charge is 0.247 e. The van der Waals surface area contributed by atoms with Crippen molar-refractivity contribution in [1.82, 2.24) is 14.9 Å². The van der Waals surface area contributed by atoms with Crippen LogP contribution in [0.3, 0.4) is 0 Å². The summed E-state index contributed by atoms with van der Waals surface area (Å²) in [5.74, 6) is 0.770. The van der Waals surface area contributed by atoms with Gasteiger partial charge in [-0.05, 0) is 48.0 Å². The number of nitrogens with zero attached hydrogens (tertiary/aromatic N) is 3. The lowest BCUT2D eigenvalue weighted by Gasteiger charge is -2.26. The molecule has 1 fully saturated rings. The molecule has 0 atom stereocenters. The van der Waals surface area contributed by atoms with Crippen LogP contribution < -0.4 is 20.1 Å². The minimum atomic E-state index is -0.366. The van der Waals surface area contributed by atoms with Gasteiger partial charge in [-0.3, -0.25) is 9.69 Å². The summed E-state index contributed by atoms with van der Waals surface area (Å²) < 4.78 is 30.7. The topological polar surface area (TPSA) is 97.8 Å². The van der Waals surface area contributed by atoms with Crippen LogP contribution in [0.2, 0.25) is 5.02 Å². The van der Waals surface area contributed by atoms with Crippen LogP contribution in [0, 0.1) is 5.82 Å². The van der Waals surface area contributed by atoms with Crippen LogP contribution >= 0.6 is 11.6 Å². The van der Waals surface area contributed by atoms with Crippen LogP contribution in [0.5, 0.6) is 11.5 Å². The van der Waals surface area contributed by atoms with Crippen molar-refractivity contribution in [3.8, 4) is 11.5 Å². The summed E-state index contributed by atoms with van der Waals surface area (Å²) >= 11 is 6.48. The Morgan fingerprint density at radius 3 is 2.73 bits per heavy atom. The fourth-order valence-corrected chi connectivity index (χ4v) is 4.55. The van der Waals surface area contributed by atoms with Crippen molar-refractivity contribution in [2.24, 2.45) is 0 Å². The first-order valence-corrected chi connectivity index (χ1v) is 13.4. The lowest BCUT2D eigenvalue weighted by Crippen LogP contribution is -2.38. The summed E-state index contributed by atoms with van der Waals surface area (Å²) in [6.45, 7) is 8.02. The highest BCUT2D eigenvalue weighted by atomic mass is 35.5. The van der Waals surface area contributed by atoms with Crippen LogP contribution in [0.25, 0.3) is 10.9 Å². The fourth-order valence-electron chi connectivity index (χ4n) is 4.31. The molecule has 1 aromatic heterocycles. The van der Waals surface area contributed by atoms with Gasteiger partial charge < -0.3 is 24.8 Å². The minimum absolute atomic E-state index is 0.177. The largest absolute Gasteiger partial charge is 0.490 e. The predicted molar refractivity (Wildman–Crippen MR) is 157 cm³/mol. The number of hydrogen-bond acceptors (Lipinski definition) is 8. The second-order valence-electron chi connectivity index (χ2n) is 9.27. The summed E-state index contributed by atoms with van der Waals surface area (Å²) in [6.07, 6.45) is 2.64. The van der Waals surface area contributed by atoms with Crippen LogP contribution in [-0.4, -0.2) is 60.2 Å². The summed E-state index contributed by atoms with van der Waals surface area (Å²) in [4.78, 5) is 23.3. The van der Waals surface area contributed by atoms with Gasteiger partial charge in [0.25, 0.3) is 0 Å². The van der Waals surface area contributed by atoms with Gasteiger partial charge in [0.05, 0.1) is 29.4 Å². The van der Waals surface area contributed by atoms with E-state index in [1.807, 2.05) is 0 Å². The lowest BCUT2D eigenvalue weighted by molar-refractivity contribution is -0.111. The molecule has 212 valence electrons. The van der Waals surface area contributed by atoms with E-state index in [4.69, 9.17) is 25.8 Å². The molecule has 0 bridgehead atoms. The summed E-state index contributed by atoms with van der Waals surface area (Å²) in [5.41, 5.74) is 2.46. The Morgan fingerprint density at radius 1 is 1.10 bits per heavy atom. The maximum Gasteiger partial charge on any atom is 0.247 e. The monoisotopic (exact) mass is 577 g/mol. The molecule has 1 aliphatic rings. The van der Waals surface area contributed by atoms with Crippen molar-refractivity contribution in [2.45, 2.75) is 6.61 Å². The zero-order chi connectivity index (χ0) is 28.6. The molecule has 4 aromatic rings. The molecule has 11 heteroatoms. The molecular formula is C30H29ClFN5O4. The summed E-state index contributed by atoms with van der Waals surface area (Å²) in [5, 5.41) is 7.12. The molecule has 5 rings (SSSR count). The van der Waals surface area contributed by atoms with Crippen molar-refractivity contribution >= 4 is 45.6 Å². The van der Waals surface area contributed by atoms with Crippen molar-refractivity contribution in [3.05, 3.63) is 90.0 Å². The molecule has 2 heterocycles. The van der Waals surface area contributed by atoms with Gasteiger partial charge in [0.2, 0.25) is 5.91 Å². The number of hydrogen-bond donors (Lipinski definition) is 2. The number of benzene rings is 3. The second-order valence-corrected chi connectivity index (χ2v) is 9.68. The maximum absolute atomic E-state index is 13.5. The number of carbonyl (C=O) groups excluding carboxylic acids is 1. The molecule has 9 nitrogen and oxygen atoms in total. The number of rotatable bonds is 11. The van der Waals surface area contributed by atoms with E-state index < -0.39 is 0 Å². The van der Waals surface area contributed by atoms with E-state index in [-0.39, 0.29) is 18.3 Å². The van der Waals surface area contributed by atoms with E-state index in [1.165, 1.54) is 24.5 Å². The van der Waals surface area contributed by atoms with Gasteiger partial charge in [-0.2, -0.15) is 0 Å². The number of halogens is 2. The van der Waals surface area contributed by atoms with E-state index in [0.29, 0.717) is 70.0 Å². The molecule has 0 saturated carbocycles. The molecule has 1 amide bonds. The standard InChI is InChI=1S/C30H29ClFN5O4/c1-2-29(38)36-26-16-23-25(17-28(26)40-13-10-37-8-11-39-12-9-37)33-19-34-30(23)35-22-6-7-27(24(31)15-22)41-18-20-4-3-5-21(32)14-20/h2-7,14-17,19H,1,8-13,18H2,(H,36,38)(H,33,34,35). The molecule has 3 aromatic carbocycles. The molecule has 0 radical (unpaired) electrons. The van der Waals surface area contributed by atoms with E-state index in [0.717, 1.165) is 19.6 Å². The third kappa shape index (κ3) is 7.49. The molecule has 1 aliphatic heterocycles. The minimum Gasteiger partial charge on any atom is -0.490 e. The number of ether oxygens (including phenoxy) is 3. The van der Waals surface area contributed by atoms with E-state index >= 15 is 0 Å². The van der Waals surface area contributed by atoms with Crippen molar-refractivity contribution < 1.29 is 23.4 Å². The lowest BCUT2D eigenvalue weighted by atomic mass is 10.1. The quantitative estimate of drug-likeness (QED) is 0.223. The first-order valence-electron chi connectivity index (χ1n) is 13.1. The highest BCUT2D eigenvalue weighted by Crippen LogP contribution is 2.35. The van der Waals surface area contributed by atoms with E-state index in [2.05, 4.69) is 32.1 Å². The molecule has 2 N–H and O–H groups in total. The third-order valence-electron chi connectivity index (χ3n) is 6.43. The summed E-state index contributed by atoms with van der Waals surface area (Å²) in [7, 11) is 0. The van der Waals surface area contributed by atoms with Crippen LogP contribution in [0.4, 0.5) is 21.6 Å². The van der Waals surface area contributed by atoms with Gasteiger partial charge in [-0.1, -0.05) is 30.3 Å². The number of anilines is 3. The maximum atomic E-state index is 13.5. The average Bonchev–Trinajstić information content (AvgIpc) is 2.98. The molecule has 41 heavy (non-hydrogen) atoms. The van der Waals surface area contributed by atoms with E-state index in [9.17, 15) is 9.18 Å². The van der Waals surface area contributed by atoms with Gasteiger partial charge in [0.1, 0.15) is 42.7 Å². The number of carbonyl (C=O) groups is 1. The molecule has 1 saturated heterocycles. The van der Waals surface area contributed by atoms with Gasteiger partial charge in [0.15, 0.2) is 0 Å². The van der Waals surface area contributed by atoms with Gasteiger partial charge >= 0.3 is 0 Å². The number of aromatic nitrogens is 2. The first-order chi connectivity index (χ1) is 20.0. The zero-order valence-electron chi connectivity index (χ0n) is 22.2. The van der Waals surface area contributed by atoms with Gasteiger partial charge in [-0.15, -0.1) is 0 Å². The Labute approximate surface area is 241 Å². The Kier molecular flexibility index (Phi) is 9.25. The van der Waals surface area contributed by atoms with Crippen LogP contribution in [0.15, 0.2) is 73.6 Å². The SMILES string of the molecule is C=CC(=O)Nc1cc2c(Nc3ccc(OCc4cccc(F)c4)c(Cl)c3)ncnc2cc1OCCN1CCOCC1. The Balaban J connectivity index is 1.33. The van der Waals surface area contributed by atoms with Gasteiger partial charge in [0, 0.05) is 36.8 Å². The molecule has 0 spiro atoms. The van der Waals surface area contributed by atoms with Crippen molar-refractivity contribution in [1.29, 1.82) is 0 Å². The second kappa shape index (κ2) is 13.4. The highest BCUT2D eigenvalue weighted by molar-refractivity contribution is 6.32. The fraction of sp³-hybridized carbons (Fsp3) is 0.233. The molecule has 0 aliphatic carbocycles. The Hall–Kier alpha value is -4.25.